The van der Waals surface area contributed by atoms with Gasteiger partial charge in [-0.3, -0.25) is 4.98 Å². The summed E-state index contributed by atoms with van der Waals surface area (Å²) in [5, 5.41) is 2.09. The Hall–Kier alpha value is -2.17. The molecule has 0 aliphatic carbocycles. The fourth-order valence-electron chi connectivity index (χ4n) is 2.60. The Bertz CT molecular complexity index is 625. The second-order valence-electron chi connectivity index (χ2n) is 5.57. The number of nitrogens with one attached hydrogen (secondary N) is 1. The number of nitrogens with zero attached hydrogens (tertiary/aromatic N) is 2. The van der Waals surface area contributed by atoms with Gasteiger partial charge in [0.15, 0.2) is 0 Å². The van der Waals surface area contributed by atoms with Crippen molar-refractivity contribution in [3.63, 3.8) is 0 Å². The predicted molar refractivity (Wildman–Crippen MR) is 86.8 cm³/mol. The molecule has 0 unspecified atom stereocenters. The molecule has 0 amide bonds. The summed E-state index contributed by atoms with van der Waals surface area (Å²) >= 11 is 0. The van der Waals surface area contributed by atoms with Gasteiger partial charge in [0.05, 0.1) is 13.2 Å². The number of ether oxygens (including phenoxy) is 1. The number of hydrogen-bond donors (Lipinski definition) is 1. The molecule has 1 aliphatic heterocycles. The summed E-state index contributed by atoms with van der Waals surface area (Å²) < 4.78 is 5.88. The largest absolute Gasteiger partial charge is 0.372 e. The Kier molecular flexibility index (Phi) is 4.83. The van der Waals surface area contributed by atoms with E-state index in [4.69, 9.17) is 4.74 Å². The molecule has 114 valence electrons. The molecule has 1 N–H and O–H groups in total. The number of pyridine rings is 1. The third-order valence-electron chi connectivity index (χ3n) is 3.67. The van der Waals surface area contributed by atoms with Gasteiger partial charge in [-0.1, -0.05) is 36.4 Å². The van der Waals surface area contributed by atoms with E-state index in [9.17, 15) is 0 Å². The van der Waals surface area contributed by atoms with Crippen molar-refractivity contribution in [2.24, 2.45) is 0 Å². The molecule has 2 heterocycles. The van der Waals surface area contributed by atoms with Crippen LogP contribution in [0.4, 0.5) is 0 Å². The van der Waals surface area contributed by atoms with Crippen molar-refractivity contribution >= 4 is 0 Å². The van der Waals surface area contributed by atoms with E-state index in [1.54, 1.807) is 6.20 Å². The first-order valence-electron chi connectivity index (χ1n) is 7.50. The van der Waals surface area contributed by atoms with Crippen molar-refractivity contribution < 1.29 is 4.74 Å². The minimum absolute atomic E-state index is 0.647. The van der Waals surface area contributed by atoms with Crippen LogP contribution in [0.15, 0.2) is 66.1 Å². The number of hydrogen-bond acceptors (Lipinski definition) is 4. The zero-order valence-electron chi connectivity index (χ0n) is 12.8. The van der Waals surface area contributed by atoms with Gasteiger partial charge in [0.1, 0.15) is 0 Å². The van der Waals surface area contributed by atoms with Gasteiger partial charge in [0, 0.05) is 38.1 Å². The number of allylic oxidation sites excluding steroid dienone is 1. The zero-order chi connectivity index (χ0) is 15.2. The van der Waals surface area contributed by atoms with Crippen molar-refractivity contribution in [1.82, 2.24) is 15.4 Å². The molecule has 0 saturated carbocycles. The lowest BCUT2D eigenvalue weighted by Gasteiger charge is -2.11. The second kappa shape index (κ2) is 7.20. The highest BCUT2D eigenvalue weighted by Gasteiger charge is 2.18. The Morgan fingerprint density at radius 3 is 2.68 bits per heavy atom. The minimum Gasteiger partial charge on any atom is -0.372 e. The van der Waals surface area contributed by atoms with Crippen LogP contribution in [0.25, 0.3) is 0 Å². The van der Waals surface area contributed by atoms with Gasteiger partial charge in [0.2, 0.25) is 0 Å². The van der Waals surface area contributed by atoms with E-state index in [1.807, 2.05) is 37.5 Å². The van der Waals surface area contributed by atoms with Crippen LogP contribution < -0.4 is 5.43 Å². The first kappa shape index (κ1) is 14.8. The maximum Gasteiger partial charge on any atom is 0.0721 e. The van der Waals surface area contributed by atoms with Gasteiger partial charge in [-0.05, 0) is 22.8 Å². The second-order valence-corrected chi connectivity index (χ2v) is 5.57. The number of rotatable bonds is 6. The van der Waals surface area contributed by atoms with Crippen LogP contribution in [0.2, 0.25) is 0 Å². The summed E-state index contributed by atoms with van der Waals surface area (Å²) in [4.78, 5) is 4.18. The fourth-order valence-corrected chi connectivity index (χ4v) is 2.60. The number of hydrazine groups is 1. The van der Waals surface area contributed by atoms with Crippen LogP contribution in [-0.2, 0) is 17.8 Å². The maximum absolute atomic E-state index is 5.88. The summed E-state index contributed by atoms with van der Waals surface area (Å²) in [5.74, 6) is 0. The molecule has 0 bridgehead atoms. The van der Waals surface area contributed by atoms with Gasteiger partial charge in [-0.15, -0.1) is 0 Å². The van der Waals surface area contributed by atoms with Crippen LogP contribution in [0.5, 0.6) is 0 Å². The predicted octanol–water partition coefficient (Wildman–Crippen LogP) is 2.54. The lowest BCUT2D eigenvalue weighted by atomic mass is 10.1. The molecule has 3 rings (SSSR count). The van der Waals surface area contributed by atoms with E-state index in [0.717, 1.165) is 13.0 Å². The maximum atomic E-state index is 5.88. The summed E-state index contributed by atoms with van der Waals surface area (Å²) in [6.45, 7) is 2.19. The third kappa shape index (κ3) is 3.93. The summed E-state index contributed by atoms with van der Waals surface area (Å²) in [6, 6.07) is 14.3. The van der Waals surface area contributed by atoms with E-state index in [0.29, 0.717) is 13.2 Å². The standard InChI is InChI=1S/C18H21N3O/c1-21-12-17(14-22-13-15-6-3-2-4-7-15)18(20-21)10-16-8-5-9-19-11-16/h2-9,11,20H,10,12-14H2,1H3. The van der Waals surface area contributed by atoms with Crippen LogP contribution in [-0.4, -0.2) is 30.2 Å². The Labute approximate surface area is 131 Å². The quantitative estimate of drug-likeness (QED) is 0.888. The van der Waals surface area contributed by atoms with Crippen LogP contribution in [0, 0.1) is 0 Å². The molecule has 1 aromatic carbocycles. The van der Waals surface area contributed by atoms with E-state index < -0.39 is 0 Å². The van der Waals surface area contributed by atoms with Gasteiger partial charge in [-0.25, -0.2) is 5.01 Å². The van der Waals surface area contributed by atoms with Gasteiger partial charge < -0.3 is 10.2 Å². The highest BCUT2D eigenvalue weighted by Crippen LogP contribution is 2.17. The Balaban J connectivity index is 1.60. The molecular weight excluding hydrogens is 274 g/mol. The molecule has 0 saturated heterocycles. The number of benzene rings is 1. The van der Waals surface area contributed by atoms with Crippen molar-refractivity contribution in [3.8, 4) is 0 Å². The van der Waals surface area contributed by atoms with Crippen molar-refractivity contribution in [1.29, 1.82) is 0 Å². The van der Waals surface area contributed by atoms with E-state index in [2.05, 4.69) is 33.6 Å². The molecule has 0 fully saturated rings. The summed E-state index contributed by atoms with van der Waals surface area (Å²) in [5.41, 5.74) is 8.35. The van der Waals surface area contributed by atoms with E-state index in [1.165, 1.54) is 22.4 Å². The Morgan fingerprint density at radius 1 is 1.09 bits per heavy atom. The molecular formula is C18H21N3O. The molecule has 2 aromatic rings. The molecule has 1 aromatic heterocycles. The lowest BCUT2D eigenvalue weighted by Crippen LogP contribution is -2.28. The van der Waals surface area contributed by atoms with Crippen LogP contribution in [0.1, 0.15) is 11.1 Å². The highest BCUT2D eigenvalue weighted by molar-refractivity contribution is 5.26. The molecule has 22 heavy (non-hydrogen) atoms. The molecule has 0 atom stereocenters. The molecule has 4 heteroatoms. The smallest absolute Gasteiger partial charge is 0.0721 e. The van der Waals surface area contributed by atoms with E-state index in [-0.39, 0.29) is 0 Å². The van der Waals surface area contributed by atoms with Gasteiger partial charge in [0.25, 0.3) is 0 Å². The van der Waals surface area contributed by atoms with Crippen molar-refractivity contribution in [2.75, 3.05) is 20.2 Å². The van der Waals surface area contributed by atoms with Gasteiger partial charge >= 0.3 is 0 Å². The molecule has 4 nitrogen and oxygen atoms in total. The first-order chi connectivity index (χ1) is 10.8. The minimum atomic E-state index is 0.647. The van der Waals surface area contributed by atoms with Crippen LogP contribution >= 0.6 is 0 Å². The first-order valence-corrected chi connectivity index (χ1v) is 7.50. The Morgan fingerprint density at radius 2 is 1.91 bits per heavy atom. The zero-order valence-corrected chi connectivity index (χ0v) is 12.8. The van der Waals surface area contributed by atoms with E-state index >= 15 is 0 Å². The highest BCUT2D eigenvalue weighted by atomic mass is 16.5. The monoisotopic (exact) mass is 295 g/mol. The summed E-state index contributed by atoms with van der Waals surface area (Å²) in [7, 11) is 2.05. The summed E-state index contributed by atoms with van der Waals surface area (Å²) in [6.07, 6.45) is 4.58. The van der Waals surface area contributed by atoms with Crippen molar-refractivity contribution in [3.05, 3.63) is 77.3 Å². The molecule has 0 spiro atoms. The topological polar surface area (TPSA) is 37.4 Å². The fraction of sp³-hybridized carbons (Fsp3) is 0.278. The molecule has 0 radical (unpaired) electrons. The number of likely N-dealkylation sites (N-methyl/N-ethyl adjacent to an activating group) is 1. The lowest BCUT2D eigenvalue weighted by molar-refractivity contribution is 0.139. The molecule has 1 aliphatic rings. The van der Waals surface area contributed by atoms with Crippen molar-refractivity contribution in [2.45, 2.75) is 13.0 Å². The normalized spacial score (nSPS) is 15.1. The average molecular weight is 295 g/mol. The third-order valence-corrected chi connectivity index (χ3v) is 3.67. The number of aromatic nitrogens is 1. The average Bonchev–Trinajstić information content (AvgIpc) is 2.89. The van der Waals surface area contributed by atoms with Crippen LogP contribution in [0.3, 0.4) is 0 Å². The van der Waals surface area contributed by atoms with Gasteiger partial charge in [-0.2, -0.15) is 0 Å². The SMILES string of the molecule is CN1CC(COCc2ccccc2)=C(Cc2cccnc2)N1.